The topological polar surface area (TPSA) is 106 Å². The average molecular weight is 361 g/mol. The van der Waals surface area contributed by atoms with E-state index in [0.717, 1.165) is 18.5 Å². The number of aromatic nitrogens is 1. The first-order valence-corrected chi connectivity index (χ1v) is 9.37. The summed E-state index contributed by atoms with van der Waals surface area (Å²) in [6.07, 6.45) is 5.95. The Balaban J connectivity index is 1.60. The Labute approximate surface area is 150 Å². The maximum Gasteiger partial charge on any atom is 0.217 e. The third kappa shape index (κ3) is 5.06. The average Bonchev–Trinajstić information content (AvgIpc) is 3.23. The van der Waals surface area contributed by atoms with Crippen molar-refractivity contribution >= 4 is 28.3 Å². The number of hydrogen-bond donors (Lipinski definition) is 3. The van der Waals surface area contributed by atoms with E-state index in [4.69, 9.17) is 10.2 Å². The SMILES string of the molecule is CC(=O)NCc1ccc(-c2csc(NC(N)=NC3CCCCC3)n2)o1. The van der Waals surface area contributed by atoms with Crippen LogP contribution in [-0.2, 0) is 11.3 Å². The van der Waals surface area contributed by atoms with Gasteiger partial charge >= 0.3 is 0 Å². The Morgan fingerprint density at radius 2 is 2.20 bits per heavy atom. The van der Waals surface area contributed by atoms with E-state index in [2.05, 4.69) is 20.6 Å². The third-order valence-electron chi connectivity index (χ3n) is 4.06. The first-order valence-electron chi connectivity index (χ1n) is 8.49. The minimum absolute atomic E-state index is 0.0918. The number of furan rings is 1. The zero-order valence-corrected chi connectivity index (χ0v) is 15.1. The predicted molar refractivity (Wildman–Crippen MR) is 99.5 cm³/mol. The van der Waals surface area contributed by atoms with Crippen LogP contribution in [0, 0.1) is 0 Å². The lowest BCUT2D eigenvalue weighted by molar-refractivity contribution is -0.119. The van der Waals surface area contributed by atoms with Crippen molar-refractivity contribution < 1.29 is 9.21 Å². The number of hydrogen-bond acceptors (Lipinski definition) is 5. The first-order chi connectivity index (χ1) is 12.1. The van der Waals surface area contributed by atoms with E-state index in [1.807, 2.05) is 17.5 Å². The van der Waals surface area contributed by atoms with Gasteiger partial charge in [-0.05, 0) is 25.0 Å². The molecule has 0 atom stereocenters. The molecule has 0 aromatic carbocycles. The van der Waals surface area contributed by atoms with Crippen molar-refractivity contribution in [1.82, 2.24) is 10.3 Å². The molecule has 0 unspecified atom stereocenters. The van der Waals surface area contributed by atoms with Crippen molar-refractivity contribution in [2.75, 3.05) is 5.32 Å². The number of carbonyl (C=O) groups excluding carboxylic acids is 1. The Hall–Kier alpha value is -2.35. The Morgan fingerprint density at radius 1 is 1.40 bits per heavy atom. The number of anilines is 1. The summed E-state index contributed by atoms with van der Waals surface area (Å²) in [5, 5.41) is 8.35. The van der Waals surface area contributed by atoms with Crippen molar-refractivity contribution in [2.45, 2.75) is 51.6 Å². The number of nitrogens with two attached hydrogens (primary N) is 1. The van der Waals surface area contributed by atoms with Crippen LogP contribution in [0.5, 0.6) is 0 Å². The van der Waals surface area contributed by atoms with Gasteiger partial charge in [-0.15, -0.1) is 11.3 Å². The number of nitrogens with one attached hydrogen (secondary N) is 2. The molecule has 0 saturated heterocycles. The van der Waals surface area contributed by atoms with E-state index < -0.39 is 0 Å². The monoisotopic (exact) mass is 361 g/mol. The molecule has 0 bridgehead atoms. The van der Waals surface area contributed by atoms with Gasteiger partial charge in [0, 0.05) is 12.3 Å². The molecule has 1 aliphatic rings. The van der Waals surface area contributed by atoms with Crippen LogP contribution in [0.2, 0.25) is 0 Å². The van der Waals surface area contributed by atoms with Crippen molar-refractivity contribution in [2.24, 2.45) is 10.7 Å². The standard InChI is InChI=1S/C17H23N5O2S/c1-11(23)19-9-13-7-8-15(24-13)14-10-25-17(21-14)22-16(18)20-12-5-3-2-4-6-12/h7-8,10,12H,2-6,9H2,1H3,(H,19,23)(H3,18,20,21,22). The van der Waals surface area contributed by atoms with E-state index in [0.29, 0.717) is 35.2 Å². The van der Waals surface area contributed by atoms with Crippen molar-refractivity contribution in [3.63, 3.8) is 0 Å². The minimum atomic E-state index is -0.0918. The zero-order valence-electron chi connectivity index (χ0n) is 14.2. The summed E-state index contributed by atoms with van der Waals surface area (Å²) in [6, 6.07) is 3.99. The summed E-state index contributed by atoms with van der Waals surface area (Å²) in [4.78, 5) is 20.0. The molecule has 0 aliphatic heterocycles. The highest BCUT2D eigenvalue weighted by Gasteiger charge is 2.14. The number of carbonyl (C=O) groups is 1. The van der Waals surface area contributed by atoms with Crippen LogP contribution in [0.1, 0.15) is 44.8 Å². The van der Waals surface area contributed by atoms with Gasteiger partial charge < -0.3 is 20.8 Å². The van der Waals surface area contributed by atoms with Gasteiger partial charge in [-0.2, -0.15) is 0 Å². The molecule has 2 aromatic rings. The highest BCUT2D eigenvalue weighted by Crippen LogP contribution is 2.27. The molecule has 25 heavy (non-hydrogen) atoms. The maximum absolute atomic E-state index is 10.9. The lowest BCUT2D eigenvalue weighted by Crippen LogP contribution is -2.25. The fraction of sp³-hybridized carbons (Fsp3) is 0.471. The number of aliphatic imine (C=N–C) groups is 1. The van der Waals surface area contributed by atoms with E-state index in [-0.39, 0.29) is 5.91 Å². The van der Waals surface area contributed by atoms with Gasteiger partial charge in [0.05, 0.1) is 12.6 Å². The quantitative estimate of drug-likeness (QED) is 0.560. The second kappa shape index (κ2) is 8.15. The summed E-state index contributed by atoms with van der Waals surface area (Å²) < 4.78 is 5.70. The Kier molecular flexibility index (Phi) is 5.70. The molecule has 0 radical (unpaired) electrons. The van der Waals surface area contributed by atoms with Crippen molar-refractivity contribution in [1.29, 1.82) is 0 Å². The Morgan fingerprint density at radius 3 is 2.96 bits per heavy atom. The van der Waals surface area contributed by atoms with E-state index >= 15 is 0 Å². The number of amides is 1. The second-order valence-electron chi connectivity index (χ2n) is 6.14. The molecular formula is C17H23N5O2S. The molecule has 0 spiro atoms. The van der Waals surface area contributed by atoms with Crippen LogP contribution < -0.4 is 16.4 Å². The van der Waals surface area contributed by atoms with Gasteiger partial charge in [0.2, 0.25) is 5.91 Å². The molecule has 2 aromatic heterocycles. The van der Waals surface area contributed by atoms with Gasteiger partial charge in [0.15, 0.2) is 16.9 Å². The van der Waals surface area contributed by atoms with Gasteiger partial charge in [0.25, 0.3) is 0 Å². The summed E-state index contributed by atoms with van der Waals surface area (Å²) in [5.41, 5.74) is 6.73. The maximum atomic E-state index is 10.9. The summed E-state index contributed by atoms with van der Waals surface area (Å²) in [5.74, 6) is 1.67. The Bertz CT molecular complexity index is 746. The van der Waals surface area contributed by atoms with Gasteiger partial charge in [0.1, 0.15) is 11.5 Å². The number of nitrogens with zero attached hydrogens (tertiary/aromatic N) is 2. The lowest BCUT2D eigenvalue weighted by Gasteiger charge is -2.18. The fourth-order valence-corrected chi connectivity index (χ4v) is 3.52. The summed E-state index contributed by atoms with van der Waals surface area (Å²) in [6.45, 7) is 1.84. The molecule has 2 heterocycles. The molecule has 1 amide bonds. The van der Waals surface area contributed by atoms with Crippen LogP contribution >= 0.6 is 11.3 Å². The van der Waals surface area contributed by atoms with Crippen molar-refractivity contribution in [3.05, 3.63) is 23.3 Å². The van der Waals surface area contributed by atoms with Crippen LogP contribution in [0.4, 0.5) is 5.13 Å². The normalized spacial score (nSPS) is 16.0. The van der Waals surface area contributed by atoms with E-state index in [9.17, 15) is 4.79 Å². The van der Waals surface area contributed by atoms with Gasteiger partial charge in [-0.1, -0.05) is 19.3 Å². The van der Waals surface area contributed by atoms with Crippen LogP contribution in [0.25, 0.3) is 11.5 Å². The molecular weight excluding hydrogens is 338 g/mol. The van der Waals surface area contributed by atoms with Crippen LogP contribution in [0.15, 0.2) is 26.9 Å². The number of guanidine groups is 1. The van der Waals surface area contributed by atoms with Crippen LogP contribution in [-0.4, -0.2) is 22.9 Å². The predicted octanol–water partition coefficient (Wildman–Crippen LogP) is 3.10. The smallest absolute Gasteiger partial charge is 0.217 e. The van der Waals surface area contributed by atoms with Gasteiger partial charge in [-0.25, -0.2) is 9.98 Å². The number of thiazole rings is 1. The molecule has 134 valence electrons. The fourth-order valence-electron chi connectivity index (χ4n) is 2.82. The molecule has 3 rings (SSSR count). The highest BCUT2D eigenvalue weighted by atomic mass is 32.1. The van der Waals surface area contributed by atoms with Crippen molar-refractivity contribution in [3.8, 4) is 11.5 Å². The third-order valence-corrected chi connectivity index (χ3v) is 4.82. The van der Waals surface area contributed by atoms with E-state index in [1.54, 1.807) is 0 Å². The largest absolute Gasteiger partial charge is 0.458 e. The summed E-state index contributed by atoms with van der Waals surface area (Å²) >= 11 is 1.45. The highest BCUT2D eigenvalue weighted by molar-refractivity contribution is 7.14. The lowest BCUT2D eigenvalue weighted by atomic mass is 9.96. The first kappa shape index (κ1) is 17.5. The molecule has 1 aliphatic carbocycles. The number of rotatable bonds is 5. The summed E-state index contributed by atoms with van der Waals surface area (Å²) in [7, 11) is 0. The molecule has 1 fully saturated rings. The second-order valence-corrected chi connectivity index (χ2v) is 7.00. The van der Waals surface area contributed by atoms with Crippen LogP contribution in [0.3, 0.4) is 0 Å². The molecule has 1 saturated carbocycles. The minimum Gasteiger partial charge on any atom is -0.458 e. The van der Waals surface area contributed by atoms with E-state index in [1.165, 1.54) is 37.5 Å². The zero-order chi connectivity index (χ0) is 17.6. The molecule has 4 N–H and O–H groups in total. The molecule has 7 nitrogen and oxygen atoms in total. The van der Waals surface area contributed by atoms with Gasteiger partial charge in [-0.3, -0.25) is 4.79 Å². The molecule has 8 heteroatoms.